The predicted octanol–water partition coefficient (Wildman–Crippen LogP) is 0.0531. The standard InChI is InChI=1S/C7H18N2O2S/c1-3-12(10,11)9-7(2)5-4-6-8/h7,9H,3-6,8H2,1-2H3. The van der Waals surface area contributed by atoms with Crippen molar-refractivity contribution in [1.82, 2.24) is 4.72 Å². The maximum Gasteiger partial charge on any atom is 0.211 e. The predicted molar refractivity (Wildman–Crippen MR) is 50.3 cm³/mol. The lowest BCUT2D eigenvalue weighted by Gasteiger charge is -2.11. The van der Waals surface area contributed by atoms with Gasteiger partial charge in [-0.15, -0.1) is 0 Å². The van der Waals surface area contributed by atoms with E-state index < -0.39 is 10.0 Å². The number of sulfonamides is 1. The van der Waals surface area contributed by atoms with E-state index in [9.17, 15) is 8.42 Å². The summed E-state index contributed by atoms with van der Waals surface area (Å²) in [5.41, 5.74) is 5.30. The molecule has 5 heteroatoms. The summed E-state index contributed by atoms with van der Waals surface area (Å²) in [6.07, 6.45) is 1.66. The first-order chi connectivity index (χ1) is 5.52. The molecule has 4 nitrogen and oxygen atoms in total. The Balaban J connectivity index is 3.76. The first-order valence-electron chi connectivity index (χ1n) is 4.22. The zero-order valence-corrected chi connectivity index (χ0v) is 8.52. The van der Waals surface area contributed by atoms with Gasteiger partial charge in [0.1, 0.15) is 0 Å². The second-order valence-corrected chi connectivity index (χ2v) is 4.90. The minimum atomic E-state index is -3.04. The summed E-state index contributed by atoms with van der Waals surface area (Å²) in [5.74, 6) is 0.139. The van der Waals surface area contributed by atoms with Crippen molar-refractivity contribution in [2.75, 3.05) is 12.3 Å². The molecule has 0 rings (SSSR count). The molecule has 0 aromatic carbocycles. The van der Waals surface area contributed by atoms with Crippen molar-refractivity contribution in [3.63, 3.8) is 0 Å². The van der Waals surface area contributed by atoms with Gasteiger partial charge < -0.3 is 5.73 Å². The van der Waals surface area contributed by atoms with Crippen molar-refractivity contribution in [2.45, 2.75) is 32.7 Å². The lowest BCUT2D eigenvalue weighted by Crippen LogP contribution is -2.33. The van der Waals surface area contributed by atoms with E-state index in [0.717, 1.165) is 12.8 Å². The van der Waals surface area contributed by atoms with Gasteiger partial charge in [0.2, 0.25) is 10.0 Å². The van der Waals surface area contributed by atoms with Crippen LogP contribution in [0.2, 0.25) is 0 Å². The molecule has 12 heavy (non-hydrogen) atoms. The maximum atomic E-state index is 11.0. The SMILES string of the molecule is CCS(=O)(=O)NC(C)CCCN. The van der Waals surface area contributed by atoms with Gasteiger partial charge in [0.15, 0.2) is 0 Å². The molecule has 0 saturated heterocycles. The molecule has 0 radical (unpaired) electrons. The normalized spacial score (nSPS) is 14.6. The van der Waals surface area contributed by atoms with Gasteiger partial charge in [-0.05, 0) is 33.2 Å². The van der Waals surface area contributed by atoms with Crippen molar-refractivity contribution in [3.05, 3.63) is 0 Å². The fraction of sp³-hybridized carbons (Fsp3) is 1.00. The number of hydrogen-bond donors (Lipinski definition) is 2. The number of hydrogen-bond acceptors (Lipinski definition) is 3. The Hall–Kier alpha value is -0.130. The number of nitrogens with one attached hydrogen (secondary N) is 1. The fourth-order valence-corrected chi connectivity index (χ4v) is 1.77. The van der Waals surface area contributed by atoms with Gasteiger partial charge in [-0.2, -0.15) is 0 Å². The van der Waals surface area contributed by atoms with E-state index in [1.807, 2.05) is 6.92 Å². The Bertz CT molecular complexity index is 201. The minimum Gasteiger partial charge on any atom is -0.330 e. The molecule has 0 aromatic heterocycles. The maximum absolute atomic E-state index is 11.0. The molecule has 0 spiro atoms. The average molecular weight is 194 g/mol. The van der Waals surface area contributed by atoms with Gasteiger partial charge in [0, 0.05) is 6.04 Å². The molecule has 1 atom stereocenters. The monoisotopic (exact) mass is 194 g/mol. The zero-order valence-electron chi connectivity index (χ0n) is 7.71. The van der Waals surface area contributed by atoms with Crippen LogP contribution in [0, 0.1) is 0 Å². The first kappa shape index (κ1) is 11.9. The Morgan fingerprint density at radius 2 is 2.08 bits per heavy atom. The zero-order chi connectivity index (χ0) is 9.61. The van der Waals surface area contributed by atoms with E-state index in [1.54, 1.807) is 6.92 Å². The average Bonchev–Trinajstić information content (AvgIpc) is 2.00. The lowest BCUT2D eigenvalue weighted by molar-refractivity contribution is 0.540. The van der Waals surface area contributed by atoms with E-state index in [4.69, 9.17) is 5.73 Å². The van der Waals surface area contributed by atoms with Crippen LogP contribution in [0.25, 0.3) is 0 Å². The smallest absolute Gasteiger partial charge is 0.211 e. The van der Waals surface area contributed by atoms with Gasteiger partial charge in [0.05, 0.1) is 5.75 Å². The largest absolute Gasteiger partial charge is 0.330 e. The van der Waals surface area contributed by atoms with Crippen LogP contribution in [0.4, 0.5) is 0 Å². The number of nitrogens with two attached hydrogens (primary N) is 1. The van der Waals surface area contributed by atoms with Gasteiger partial charge in [-0.25, -0.2) is 13.1 Å². The van der Waals surface area contributed by atoms with Crippen LogP contribution in [0.1, 0.15) is 26.7 Å². The van der Waals surface area contributed by atoms with Crippen molar-refractivity contribution in [2.24, 2.45) is 5.73 Å². The Kier molecular flexibility index (Phi) is 5.44. The summed E-state index contributed by atoms with van der Waals surface area (Å²) >= 11 is 0. The molecule has 0 aliphatic heterocycles. The Morgan fingerprint density at radius 1 is 1.50 bits per heavy atom. The van der Waals surface area contributed by atoms with Crippen LogP contribution in [0.15, 0.2) is 0 Å². The van der Waals surface area contributed by atoms with Crippen LogP contribution in [-0.2, 0) is 10.0 Å². The summed E-state index contributed by atoms with van der Waals surface area (Å²) in [7, 11) is -3.04. The highest BCUT2D eigenvalue weighted by Crippen LogP contribution is 1.97. The topological polar surface area (TPSA) is 72.2 Å². The molecular formula is C7H18N2O2S. The van der Waals surface area contributed by atoms with Crippen molar-refractivity contribution < 1.29 is 8.42 Å². The summed E-state index contributed by atoms with van der Waals surface area (Å²) in [6.45, 7) is 4.08. The quantitative estimate of drug-likeness (QED) is 0.627. The number of rotatable bonds is 6. The lowest BCUT2D eigenvalue weighted by atomic mass is 10.2. The van der Waals surface area contributed by atoms with Crippen LogP contribution < -0.4 is 10.5 Å². The molecule has 0 aliphatic rings. The fourth-order valence-electron chi connectivity index (χ4n) is 0.873. The van der Waals surface area contributed by atoms with Gasteiger partial charge in [0.25, 0.3) is 0 Å². The first-order valence-corrected chi connectivity index (χ1v) is 5.87. The third-order valence-electron chi connectivity index (χ3n) is 1.60. The summed E-state index contributed by atoms with van der Waals surface area (Å²) in [6, 6.07) is -0.00139. The van der Waals surface area contributed by atoms with Crippen LogP contribution >= 0.6 is 0 Å². The minimum absolute atomic E-state index is 0.00139. The molecule has 3 N–H and O–H groups in total. The molecule has 0 aliphatic carbocycles. The van der Waals surface area contributed by atoms with Crippen LogP contribution in [0.5, 0.6) is 0 Å². The third kappa shape index (κ3) is 5.51. The second kappa shape index (κ2) is 5.50. The van der Waals surface area contributed by atoms with Crippen molar-refractivity contribution >= 4 is 10.0 Å². The Morgan fingerprint density at radius 3 is 2.50 bits per heavy atom. The van der Waals surface area contributed by atoms with E-state index in [2.05, 4.69) is 4.72 Å². The molecule has 0 aromatic rings. The molecule has 0 fully saturated rings. The van der Waals surface area contributed by atoms with Gasteiger partial charge >= 0.3 is 0 Å². The van der Waals surface area contributed by atoms with Gasteiger partial charge in [-0.3, -0.25) is 0 Å². The highest BCUT2D eigenvalue weighted by atomic mass is 32.2. The van der Waals surface area contributed by atoms with E-state index in [1.165, 1.54) is 0 Å². The molecular weight excluding hydrogens is 176 g/mol. The second-order valence-electron chi connectivity index (χ2n) is 2.85. The van der Waals surface area contributed by atoms with Crippen molar-refractivity contribution in [1.29, 1.82) is 0 Å². The molecule has 0 saturated carbocycles. The molecule has 0 bridgehead atoms. The van der Waals surface area contributed by atoms with Gasteiger partial charge in [-0.1, -0.05) is 0 Å². The van der Waals surface area contributed by atoms with E-state index in [-0.39, 0.29) is 11.8 Å². The highest BCUT2D eigenvalue weighted by Gasteiger charge is 2.10. The summed E-state index contributed by atoms with van der Waals surface area (Å²) < 4.78 is 24.6. The highest BCUT2D eigenvalue weighted by molar-refractivity contribution is 7.89. The molecule has 1 unspecified atom stereocenters. The summed E-state index contributed by atoms with van der Waals surface area (Å²) in [4.78, 5) is 0. The van der Waals surface area contributed by atoms with Crippen molar-refractivity contribution in [3.8, 4) is 0 Å². The Labute approximate surface area is 74.6 Å². The van der Waals surface area contributed by atoms with E-state index >= 15 is 0 Å². The third-order valence-corrected chi connectivity index (χ3v) is 3.12. The molecule has 74 valence electrons. The molecule has 0 amide bonds. The van der Waals surface area contributed by atoms with Crippen LogP contribution in [0.3, 0.4) is 0 Å². The molecule has 0 heterocycles. The van der Waals surface area contributed by atoms with Crippen LogP contribution in [-0.4, -0.2) is 26.8 Å². The van der Waals surface area contributed by atoms with E-state index in [0.29, 0.717) is 6.54 Å². The summed E-state index contributed by atoms with van der Waals surface area (Å²) in [5, 5.41) is 0.